The summed E-state index contributed by atoms with van der Waals surface area (Å²) in [6.07, 6.45) is 1.71. The number of nitrogens with one attached hydrogen (secondary N) is 2. The van der Waals surface area contributed by atoms with Crippen LogP contribution in [0.15, 0.2) is 42.1 Å². The molecule has 0 unspecified atom stereocenters. The minimum Gasteiger partial charge on any atom is -0.328 e. The van der Waals surface area contributed by atoms with Gasteiger partial charge in [-0.15, -0.1) is 11.3 Å². The fraction of sp³-hybridized carbons (Fsp3) is 0.125. The summed E-state index contributed by atoms with van der Waals surface area (Å²) in [6, 6.07) is 9.96. The molecule has 2 aromatic rings. The molecule has 3 nitrogen and oxygen atoms in total. The Kier molecular flexibility index (Phi) is 3.99. The minimum absolute atomic E-state index is 0.0134. The molecule has 2 heterocycles. The highest BCUT2D eigenvalue weighted by atomic mass is 32.1. The number of carbonyl (C=O) groups excluding carboxylic acids is 1. The highest BCUT2D eigenvalue weighted by Gasteiger charge is 2.24. The molecule has 1 aromatic carbocycles. The third kappa shape index (κ3) is 3.46. The standard InChI is InChI=1S/C16H12F2N2OS2/c1-16(17,18)10-4-2-9(3-5-10)13-7-6-11(23-13)8-12-14(21)20-15(22)19-12/h2-8H,1H3,(H2,19,20,21,22). The van der Waals surface area contributed by atoms with Crippen LogP contribution in [0.4, 0.5) is 8.78 Å². The Bertz CT molecular complexity index is 804. The Hall–Kier alpha value is -2.12. The van der Waals surface area contributed by atoms with E-state index >= 15 is 0 Å². The Morgan fingerprint density at radius 3 is 2.39 bits per heavy atom. The van der Waals surface area contributed by atoms with Crippen molar-refractivity contribution < 1.29 is 13.6 Å². The van der Waals surface area contributed by atoms with Crippen LogP contribution in [0.1, 0.15) is 17.4 Å². The molecule has 1 aromatic heterocycles. The van der Waals surface area contributed by atoms with Crippen LogP contribution in [0.2, 0.25) is 0 Å². The van der Waals surface area contributed by atoms with E-state index in [9.17, 15) is 13.6 Å². The second-order valence-corrected chi connectivity index (χ2v) is 6.66. The molecule has 1 fully saturated rings. The molecule has 2 N–H and O–H groups in total. The van der Waals surface area contributed by atoms with Crippen LogP contribution in [0.5, 0.6) is 0 Å². The summed E-state index contributed by atoms with van der Waals surface area (Å²) in [5.41, 5.74) is 1.23. The van der Waals surface area contributed by atoms with Gasteiger partial charge in [-0.3, -0.25) is 10.1 Å². The molecule has 0 spiro atoms. The number of rotatable bonds is 3. The van der Waals surface area contributed by atoms with Crippen molar-refractivity contribution in [3.63, 3.8) is 0 Å². The number of hydrogen-bond donors (Lipinski definition) is 2. The van der Waals surface area contributed by atoms with Gasteiger partial charge in [-0.25, -0.2) is 8.78 Å². The number of benzene rings is 1. The minimum atomic E-state index is -2.84. The molecule has 0 saturated carbocycles. The number of amides is 1. The molecule has 1 saturated heterocycles. The summed E-state index contributed by atoms with van der Waals surface area (Å²) in [5, 5.41) is 5.56. The normalized spacial score (nSPS) is 16.6. The molecular formula is C16H12F2N2OS2. The van der Waals surface area contributed by atoms with Gasteiger partial charge in [0.1, 0.15) is 5.70 Å². The Morgan fingerprint density at radius 2 is 1.83 bits per heavy atom. The maximum absolute atomic E-state index is 13.2. The third-order valence-corrected chi connectivity index (χ3v) is 4.60. The van der Waals surface area contributed by atoms with Gasteiger partial charge in [0, 0.05) is 22.2 Å². The topological polar surface area (TPSA) is 41.1 Å². The van der Waals surface area contributed by atoms with Crippen molar-refractivity contribution in [2.75, 3.05) is 0 Å². The van der Waals surface area contributed by atoms with Gasteiger partial charge in [0.15, 0.2) is 5.11 Å². The zero-order valence-electron chi connectivity index (χ0n) is 12.0. The van der Waals surface area contributed by atoms with Gasteiger partial charge in [-0.2, -0.15) is 0 Å². The molecule has 118 valence electrons. The van der Waals surface area contributed by atoms with Crippen molar-refractivity contribution in [1.29, 1.82) is 0 Å². The molecule has 3 rings (SSSR count). The predicted molar refractivity (Wildman–Crippen MR) is 91.2 cm³/mol. The number of thiophene rings is 1. The van der Waals surface area contributed by atoms with Crippen LogP contribution in [0.25, 0.3) is 16.5 Å². The van der Waals surface area contributed by atoms with Crippen molar-refractivity contribution in [3.8, 4) is 10.4 Å². The summed E-state index contributed by atoms with van der Waals surface area (Å²) in [7, 11) is 0. The van der Waals surface area contributed by atoms with E-state index in [4.69, 9.17) is 12.2 Å². The fourth-order valence-electron chi connectivity index (χ4n) is 2.14. The summed E-state index contributed by atoms with van der Waals surface area (Å²) < 4.78 is 26.5. The Balaban J connectivity index is 1.84. The van der Waals surface area contributed by atoms with Gasteiger partial charge in [0.05, 0.1) is 0 Å². The molecule has 0 radical (unpaired) electrons. The van der Waals surface area contributed by atoms with Crippen LogP contribution in [0.3, 0.4) is 0 Å². The van der Waals surface area contributed by atoms with E-state index in [1.165, 1.54) is 23.5 Å². The van der Waals surface area contributed by atoms with Crippen molar-refractivity contribution >= 4 is 40.7 Å². The first-order chi connectivity index (χ1) is 10.8. The lowest BCUT2D eigenvalue weighted by Crippen LogP contribution is -2.21. The predicted octanol–water partition coefficient (Wildman–Crippen LogP) is 3.87. The largest absolute Gasteiger partial charge is 0.328 e. The number of alkyl halides is 2. The van der Waals surface area contributed by atoms with Gasteiger partial charge in [0.2, 0.25) is 0 Å². The number of halogens is 2. The van der Waals surface area contributed by atoms with Gasteiger partial charge < -0.3 is 5.32 Å². The Morgan fingerprint density at radius 1 is 1.13 bits per heavy atom. The summed E-state index contributed by atoms with van der Waals surface area (Å²) in [4.78, 5) is 13.4. The molecular weight excluding hydrogens is 338 g/mol. The number of thiocarbonyl (C=S) groups is 1. The van der Waals surface area contributed by atoms with Gasteiger partial charge >= 0.3 is 0 Å². The van der Waals surface area contributed by atoms with E-state index in [1.807, 2.05) is 12.1 Å². The van der Waals surface area contributed by atoms with E-state index in [0.29, 0.717) is 5.70 Å². The second kappa shape index (κ2) is 5.82. The van der Waals surface area contributed by atoms with Gasteiger partial charge in [-0.05, 0) is 36.0 Å². The van der Waals surface area contributed by atoms with Crippen molar-refractivity contribution in [3.05, 3.63) is 52.5 Å². The van der Waals surface area contributed by atoms with E-state index in [2.05, 4.69) is 10.6 Å². The second-order valence-electron chi connectivity index (χ2n) is 5.13. The van der Waals surface area contributed by atoms with Crippen LogP contribution in [-0.2, 0) is 10.7 Å². The first-order valence-corrected chi connectivity index (χ1v) is 7.98. The number of carbonyl (C=O) groups is 1. The summed E-state index contributed by atoms with van der Waals surface area (Å²) in [5.74, 6) is -3.11. The van der Waals surface area contributed by atoms with E-state index in [1.54, 1.807) is 18.2 Å². The molecule has 1 aliphatic heterocycles. The molecule has 1 amide bonds. The molecule has 7 heteroatoms. The molecule has 1 aliphatic rings. The SMILES string of the molecule is CC(F)(F)c1ccc(-c2ccc(C=C3NC(=S)NC3=O)s2)cc1. The zero-order valence-corrected chi connectivity index (χ0v) is 13.7. The molecule has 23 heavy (non-hydrogen) atoms. The van der Waals surface area contributed by atoms with Crippen molar-refractivity contribution in [1.82, 2.24) is 10.6 Å². The van der Waals surface area contributed by atoms with Crippen LogP contribution in [-0.4, -0.2) is 11.0 Å². The van der Waals surface area contributed by atoms with E-state index < -0.39 is 5.92 Å². The highest BCUT2D eigenvalue weighted by molar-refractivity contribution is 7.80. The Labute approximate surface area is 141 Å². The summed E-state index contributed by atoms with van der Waals surface area (Å²) in [6.45, 7) is 0.877. The van der Waals surface area contributed by atoms with Gasteiger partial charge in [0.25, 0.3) is 11.8 Å². The van der Waals surface area contributed by atoms with Crippen LogP contribution < -0.4 is 10.6 Å². The quantitative estimate of drug-likeness (QED) is 0.652. The molecule has 0 aliphatic carbocycles. The van der Waals surface area contributed by atoms with Crippen molar-refractivity contribution in [2.24, 2.45) is 0 Å². The van der Waals surface area contributed by atoms with Gasteiger partial charge in [-0.1, -0.05) is 24.3 Å². The first-order valence-electron chi connectivity index (χ1n) is 6.75. The van der Waals surface area contributed by atoms with Crippen molar-refractivity contribution in [2.45, 2.75) is 12.8 Å². The first kappa shape index (κ1) is 15.8. The van der Waals surface area contributed by atoms with E-state index in [-0.39, 0.29) is 16.6 Å². The summed E-state index contributed by atoms with van der Waals surface area (Å²) >= 11 is 6.33. The maximum atomic E-state index is 13.2. The lowest BCUT2D eigenvalue weighted by Gasteiger charge is -2.10. The molecule has 0 bridgehead atoms. The average Bonchev–Trinajstić information content (AvgIpc) is 3.06. The highest BCUT2D eigenvalue weighted by Crippen LogP contribution is 2.32. The van der Waals surface area contributed by atoms with E-state index in [0.717, 1.165) is 22.2 Å². The lowest BCUT2D eigenvalue weighted by atomic mass is 10.1. The maximum Gasteiger partial charge on any atom is 0.273 e. The van der Waals surface area contributed by atoms with Crippen LogP contribution in [0, 0.1) is 0 Å². The zero-order chi connectivity index (χ0) is 16.6. The van der Waals surface area contributed by atoms with Crippen LogP contribution >= 0.6 is 23.6 Å². The average molecular weight is 350 g/mol. The number of hydrogen-bond acceptors (Lipinski definition) is 3. The fourth-order valence-corrected chi connectivity index (χ4v) is 3.30. The monoisotopic (exact) mass is 350 g/mol. The smallest absolute Gasteiger partial charge is 0.273 e. The third-order valence-electron chi connectivity index (χ3n) is 3.31. The lowest BCUT2D eigenvalue weighted by molar-refractivity contribution is -0.115. The molecule has 0 atom stereocenters.